The van der Waals surface area contributed by atoms with Gasteiger partial charge in [0.2, 0.25) is 0 Å². The third-order valence-electron chi connectivity index (χ3n) is 3.78. The third-order valence-corrected chi connectivity index (χ3v) is 4.03. The molecule has 2 N–H and O–H groups in total. The fraction of sp³-hybridized carbons (Fsp3) is 0.562. The van der Waals surface area contributed by atoms with Crippen molar-refractivity contribution in [3.63, 3.8) is 0 Å². The lowest BCUT2D eigenvalue weighted by molar-refractivity contribution is 0.182. The minimum Gasteiger partial charge on any atom is -0.362 e. The maximum Gasteiger partial charge on any atom is 0.170 e. The van der Waals surface area contributed by atoms with E-state index >= 15 is 0 Å². The highest BCUT2D eigenvalue weighted by Gasteiger charge is 2.15. The first-order chi connectivity index (χ1) is 10.1. The first-order valence-corrected chi connectivity index (χ1v) is 8.07. The number of nitrogens with zero attached hydrogens (tertiary/aromatic N) is 1. The number of nitrogens with one attached hydrogen (secondary N) is 2. The molecule has 2 rings (SSSR count). The van der Waals surface area contributed by atoms with Crippen LogP contribution in [0.1, 0.15) is 26.2 Å². The van der Waals surface area contributed by atoms with Crippen LogP contribution in [0.5, 0.6) is 0 Å². The van der Waals surface area contributed by atoms with Crippen molar-refractivity contribution >= 4 is 23.0 Å². The second kappa shape index (κ2) is 8.29. The molecule has 0 amide bonds. The van der Waals surface area contributed by atoms with Crippen molar-refractivity contribution in [3.05, 3.63) is 30.1 Å². The minimum absolute atomic E-state index is 0.241. The van der Waals surface area contributed by atoms with E-state index in [-0.39, 0.29) is 5.82 Å². The third kappa shape index (κ3) is 5.98. The van der Waals surface area contributed by atoms with Crippen LogP contribution in [-0.2, 0) is 0 Å². The summed E-state index contributed by atoms with van der Waals surface area (Å²) in [6.45, 7) is 6.75. The predicted octanol–water partition coefficient (Wildman–Crippen LogP) is 3.23. The van der Waals surface area contributed by atoms with Gasteiger partial charge in [-0.25, -0.2) is 4.39 Å². The van der Waals surface area contributed by atoms with Crippen molar-refractivity contribution in [2.75, 3.05) is 31.5 Å². The van der Waals surface area contributed by atoms with E-state index < -0.39 is 0 Å². The van der Waals surface area contributed by atoms with Crippen LogP contribution in [-0.4, -0.2) is 36.2 Å². The van der Waals surface area contributed by atoms with Crippen molar-refractivity contribution in [2.24, 2.45) is 5.92 Å². The standard InChI is InChI=1S/C16H24FN3S/c1-13-4-2-10-20(12-13)11-3-9-18-16(21)19-15-7-5-14(17)6-8-15/h5-8,13H,2-4,9-12H2,1H3,(H2,18,19,21)/t13-/m1/s1. The van der Waals surface area contributed by atoms with E-state index in [0.717, 1.165) is 31.1 Å². The summed E-state index contributed by atoms with van der Waals surface area (Å²) >= 11 is 5.23. The lowest BCUT2D eigenvalue weighted by Crippen LogP contribution is -2.37. The maximum absolute atomic E-state index is 12.8. The molecule has 1 aromatic carbocycles. The van der Waals surface area contributed by atoms with Crippen LogP contribution >= 0.6 is 12.2 Å². The van der Waals surface area contributed by atoms with Crippen molar-refractivity contribution < 1.29 is 4.39 Å². The number of hydrogen-bond acceptors (Lipinski definition) is 2. The first-order valence-electron chi connectivity index (χ1n) is 7.66. The average molecular weight is 309 g/mol. The molecular formula is C16H24FN3S. The number of piperidine rings is 1. The van der Waals surface area contributed by atoms with E-state index in [1.54, 1.807) is 12.1 Å². The Hall–Kier alpha value is -1.20. The molecule has 1 saturated heterocycles. The Kier molecular flexibility index (Phi) is 6.39. The van der Waals surface area contributed by atoms with Crippen molar-refractivity contribution in [1.29, 1.82) is 0 Å². The largest absolute Gasteiger partial charge is 0.362 e. The van der Waals surface area contributed by atoms with Gasteiger partial charge in [0.25, 0.3) is 0 Å². The summed E-state index contributed by atoms with van der Waals surface area (Å²) in [6, 6.07) is 6.20. The lowest BCUT2D eigenvalue weighted by atomic mass is 10.0. The normalized spacial score (nSPS) is 19.2. The summed E-state index contributed by atoms with van der Waals surface area (Å²) in [7, 11) is 0. The van der Waals surface area contributed by atoms with E-state index in [1.807, 2.05) is 0 Å². The Morgan fingerprint density at radius 3 is 2.86 bits per heavy atom. The lowest BCUT2D eigenvalue weighted by Gasteiger charge is -2.30. The summed E-state index contributed by atoms with van der Waals surface area (Å²) in [5, 5.41) is 6.84. The maximum atomic E-state index is 12.8. The summed E-state index contributed by atoms with van der Waals surface area (Å²) in [5.74, 6) is 0.586. The van der Waals surface area contributed by atoms with Crippen molar-refractivity contribution in [2.45, 2.75) is 26.2 Å². The first kappa shape index (κ1) is 16.2. The summed E-state index contributed by atoms with van der Waals surface area (Å²) in [4.78, 5) is 2.53. The van der Waals surface area contributed by atoms with Gasteiger partial charge in [0.05, 0.1) is 0 Å². The highest BCUT2D eigenvalue weighted by Crippen LogP contribution is 2.15. The minimum atomic E-state index is -0.241. The number of likely N-dealkylation sites (tertiary alicyclic amines) is 1. The van der Waals surface area contributed by atoms with Gasteiger partial charge in [-0.15, -0.1) is 0 Å². The van der Waals surface area contributed by atoms with Crippen LogP contribution in [0, 0.1) is 11.7 Å². The van der Waals surface area contributed by atoms with Crippen LogP contribution in [0.15, 0.2) is 24.3 Å². The van der Waals surface area contributed by atoms with E-state index in [9.17, 15) is 4.39 Å². The fourth-order valence-electron chi connectivity index (χ4n) is 2.70. The second-order valence-corrected chi connectivity index (χ2v) is 6.20. The Labute approximate surface area is 131 Å². The SMILES string of the molecule is C[C@@H]1CCCN(CCCNC(=S)Nc2ccc(F)cc2)C1. The topological polar surface area (TPSA) is 27.3 Å². The van der Waals surface area contributed by atoms with Gasteiger partial charge < -0.3 is 15.5 Å². The smallest absolute Gasteiger partial charge is 0.170 e. The van der Waals surface area contributed by atoms with E-state index in [1.165, 1.54) is 38.1 Å². The van der Waals surface area contributed by atoms with Crippen molar-refractivity contribution in [3.8, 4) is 0 Å². The zero-order valence-corrected chi connectivity index (χ0v) is 13.4. The number of benzene rings is 1. The molecule has 5 heteroatoms. The quantitative estimate of drug-likeness (QED) is 0.645. The molecule has 1 aliphatic rings. The van der Waals surface area contributed by atoms with E-state index in [0.29, 0.717) is 5.11 Å². The number of hydrogen-bond donors (Lipinski definition) is 2. The number of rotatable bonds is 5. The van der Waals surface area contributed by atoms with Gasteiger partial charge in [-0.05, 0) is 74.8 Å². The molecule has 116 valence electrons. The summed E-state index contributed by atoms with van der Waals surface area (Å²) < 4.78 is 12.8. The Balaban J connectivity index is 1.59. The van der Waals surface area contributed by atoms with Crippen LogP contribution in [0.2, 0.25) is 0 Å². The van der Waals surface area contributed by atoms with E-state index in [2.05, 4.69) is 22.5 Å². The second-order valence-electron chi connectivity index (χ2n) is 5.79. The molecule has 0 aliphatic carbocycles. The molecule has 3 nitrogen and oxygen atoms in total. The average Bonchev–Trinajstić information content (AvgIpc) is 2.46. The molecule has 1 aliphatic heterocycles. The summed E-state index contributed by atoms with van der Waals surface area (Å²) in [5.41, 5.74) is 0.804. The molecule has 1 atom stereocenters. The van der Waals surface area contributed by atoms with Gasteiger partial charge in [0.1, 0.15) is 5.82 Å². The molecule has 21 heavy (non-hydrogen) atoms. The molecule has 0 spiro atoms. The Bertz CT molecular complexity index is 449. The fourth-order valence-corrected chi connectivity index (χ4v) is 2.92. The number of halogens is 1. The summed E-state index contributed by atoms with van der Waals surface area (Å²) in [6.07, 6.45) is 3.76. The number of anilines is 1. The monoisotopic (exact) mass is 309 g/mol. The van der Waals surface area contributed by atoms with Crippen LogP contribution in [0.25, 0.3) is 0 Å². The molecule has 1 aromatic rings. The zero-order chi connectivity index (χ0) is 15.1. The molecule has 1 fully saturated rings. The van der Waals surface area contributed by atoms with Gasteiger partial charge >= 0.3 is 0 Å². The van der Waals surface area contributed by atoms with Crippen LogP contribution in [0.3, 0.4) is 0 Å². The molecular weight excluding hydrogens is 285 g/mol. The van der Waals surface area contributed by atoms with Gasteiger partial charge in [-0.1, -0.05) is 6.92 Å². The van der Waals surface area contributed by atoms with Gasteiger partial charge in [0, 0.05) is 18.8 Å². The predicted molar refractivity (Wildman–Crippen MR) is 90.1 cm³/mol. The molecule has 0 saturated carbocycles. The molecule has 1 heterocycles. The molecule has 0 radical (unpaired) electrons. The van der Waals surface area contributed by atoms with Crippen molar-refractivity contribution in [1.82, 2.24) is 10.2 Å². The molecule has 0 unspecified atom stereocenters. The zero-order valence-electron chi connectivity index (χ0n) is 12.6. The number of thiocarbonyl (C=S) groups is 1. The van der Waals surface area contributed by atoms with Crippen LogP contribution < -0.4 is 10.6 Å². The van der Waals surface area contributed by atoms with Gasteiger partial charge in [-0.2, -0.15) is 0 Å². The highest BCUT2D eigenvalue weighted by molar-refractivity contribution is 7.80. The highest BCUT2D eigenvalue weighted by atomic mass is 32.1. The van der Waals surface area contributed by atoms with Gasteiger partial charge in [0.15, 0.2) is 5.11 Å². The molecule has 0 bridgehead atoms. The van der Waals surface area contributed by atoms with Crippen LogP contribution in [0.4, 0.5) is 10.1 Å². The Morgan fingerprint density at radius 1 is 1.38 bits per heavy atom. The van der Waals surface area contributed by atoms with E-state index in [4.69, 9.17) is 12.2 Å². The Morgan fingerprint density at radius 2 is 2.14 bits per heavy atom. The van der Waals surface area contributed by atoms with Gasteiger partial charge in [-0.3, -0.25) is 0 Å². The molecule has 0 aromatic heterocycles.